The number of carbonyl (C=O) groups excluding carboxylic acids is 2. The fraction of sp³-hybridized carbons (Fsp3) is 0.636. The van der Waals surface area contributed by atoms with Gasteiger partial charge in [0, 0.05) is 36.8 Å². The number of fused-ring (bicyclic) bond motifs is 2. The molecule has 6 heteroatoms. The van der Waals surface area contributed by atoms with E-state index in [1.165, 1.54) is 12.8 Å². The van der Waals surface area contributed by atoms with Crippen molar-refractivity contribution >= 4 is 24.2 Å². The minimum absolute atomic E-state index is 0. The van der Waals surface area contributed by atoms with Crippen LogP contribution < -0.4 is 10.6 Å². The van der Waals surface area contributed by atoms with Gasteiger partial charge in [-0.05, 0) is 64.5 Å². The Morgan fingerprint density at radius 2 is 1.68 bits per heavy atom. The zero-order valence-electron chi connectivity index (χ0n) is 16.9. The monoisotopic (exact) mass is 405 g/mol. The van der Waals surface area contributed by atoms with Gasteiger partial charge in [-0.3, -0.25) is 9.59 Å². The van der Waals surface area contributed by atoms with Gasteiger partial charge in [0.15, 0.2) is 0 Å². The number of aryl methyl sites for hydroxylation is 2. The molecule has 0 radical (unpaired) electrons. The molecule has 28 heavy (non-hydrogen) atoms. The van der Waals surface area contributed by atoms with Crippen LogP contribution in [0.2, 0.25) is 0 Å². The van der Waals surface area contributed by atoms with Crippen molar-refractivity contribution in [1.29, 1.82) is 0 Å². The summed E-state index contributed by atoms with van der Waals surface area (Å²) in [7, 11) is 0. The third kappa shape index (κ3) is 4.69. The van der Waals surface area contributed by atoms with Crippen molar-refractivity contribution in [2.75, 3.05) is 13.1 Å². The van der Waals surface area contributed by atoms with Gasteiger partial charge in [-0.25, -0.2) is 0 Å². The van der Waals surface area contributed by atoms with E-state index in [-0.39, 0.29) is 30.1 Å². The van der Waals surface area contributed by atoms with Gasteiger partial charge in [-0.2, -0.15) is 0 Å². The van der Waals surface area contributed by atoms with Gasteiger partial charge in [-0.15, -0.1) is 12.4 Å². The lowest BCUT2D eigenvalue weighted by molar-refractivity contribution is -0.127. The van der Waals surface area contributed by atoms with E-state index >= 15 is 0 Å². The summed E-state index contributed by atoms with van der Waals surface area (Å²) in [6, 6.07) is 7.41. The molecule has 0 spiro atoms. The molecule has 2 amide bonds. The second-order valence-corrected chi connectivity index (χ2v) is 8.78. The van der Waals surface area contributed by atoms with Gasteiger partial charge in [0.05, 0.1) is 5.92 Å². The quantitative estimate of drug-likeness (QED) is 0.812. The molecule has 2 N–H and O–H groups in total. The summed E-state index contributed by atoms with van der Waals surface area (Å²) in [4.78, 5) is 27.7. The Bertz CT molecular complexity index is 706. The van der Waals surface area contributed by atoms with Gasteiger partial charge in [-0.1, -0.05) is 17.2 Å². The normalized spacial score (nSPS) is 29.1. The van der Waals surface area contributed by atoms with Gasteiger partial charge < -0.3 is 15.5 Å². The summed E-state index contributed by atoms with van der Waals surface area (Å²) in [5.74, 6) is 0.111. The lowest BCUT2D eigenvalue weighted by Crippen LogP contribution is -2.51. The lowest BCUT2D eigenvalue weighted by Gasteiger charge is -2.35. The van der Waals surface area contributed by atoms with Crippen molar-refractivity contribution < 1.29 is 9.59 Å². The minimum atomic E-state index is -0.0823. The van der Waals surface area contributed by atoms with Crippen LogP contribution in [0.15, 0.2) is 18.2 Å². The topological polar surface area (TPSA) is 61.4 Å². The first-order valence-corrected chi connectivity index (χ1v) is 10.4. The average Bonchev–Trinajstić information content (AvgIpc) is 2.98. The summed E-state index contributed by atoms with van der Waals surface area (Å²) in [5, 5.41) is 6.91. The number of nitrogens with one attached hydrogen (secondary N) is 2. The van der Waals surface area contributed by atoms with Gasteiger partial charge in [0.1, 0.15) is 0 Å². The van der Waals surface area contributed by atoms with Crippen molar-refractivity contribution in [3.63, 3.8) is 0 Å². The van der Waals surface area contributed by atoms with Crippen LogP contribution in [0.3, 0.4) is 0 Å². The molecule has 0 aromatic heterocycles. The van der Waals surface area contributed by atoms with Gasteiger partial charge >= 0.3 is 0 Å². The number of halogens is 1. The molecule has 3 aliphatic heterocycles. The highest BCUT2D eigenvalue weighted by atomic mass is 35.5. The minimum Gasteiger partial charge on any atom is -0.353 e. The second kappa shape index (κ2) is 8.83. The van der Waals surface area contributed by atoms with Crippen LogP contribution in [0.1, 0.15) is 60.0 Å². The maximum atomic E-state index is 12.9. The molecule has 3 heterocycles. The molecule has 3 aliphatic rings. The largest absolute Gasteiger partial charge is 0.353 e. The third-order valence-corrected chi connectivity index (χ3v) is 6.37. The Morgan fingerprint density at radius 3 is 2.32 bits per heavy atom. The van der Waals surface area contributed by atoms with Gasteiger partial charge in [0.2, 0.25) is 5.91 Å². The molecule has 1 aromatic rings. The number of amides is 2. The highest BCUT2D eigenvalue weighted by molar-refractivity contribution is 5.95. The highest BCUT2D eigenvalue weighted by Gasteiger charge is 2.36. The van der Waals surface area contributed by atoms with Crippen LogP contribution >= 0.6 is 12.4 Å². The van der Waals surface area contributed by atoms with Crippen molar-refractivity contribution in [1.82, 2.24) is 15.5 Å². The Kier molecular flexibility index (Phi) is 6.66. The first kappa shape index (κ1) is 21.1. The standard InChI is InChI=1S/C22H31N3O2.ClH/c1-14-8-15(2)10-17(9-14)22(27)25-7-3-4-16(13-25)21(26)24-20-11-18-5-6-19(12-20)23-18;/h8-10,16,18-20,23H,3-7,11-13H2,1-2H3,(H,24,26);1H. The van der Waals surface area contributed by atoms with E-state index in [1.54, 1.807) is 0 Å². The lowest BCUT2D eigenvalue weighted by atomic mass is 9.94. The molecule has 3 unspecified atom stereocenters. The molecular weight excluding hydrogens is 374 g/mol. The molecule has 1 aromatic carbocycles. The van der Waals surface area contributed by atoms with Crippen molar-refractivity contribution in [2.24, 2.45) is 5.92 Å². The Hall–Kier alpha value is -1.59. The van der Waals surface area contributed by atoms with Crippen LogP contribution in [0.5, 0.6) is 0 Å². The highest BCUT2D eigenvalue weighted by Crippen LogP contribution is 2.27. The fourth-order valence-corrected chi connectivity index (χ4v) is 5.15. The van der Waals surface area contributed by atoms with E-state index in [0.717, 1.165) is 48.9 Å². The zero-order valence-corrected chi connectivity index (χ0v) is 17.7. The summed E-state index contributed by atoms with van der Waals surface area (Å²) in [5.41, 5.74) is 2.94. The predicted molar refractivity (Wildman–Crippen MR) is 113 cm³/mol. The third-order valence-electron chi connectivity index (χ3n) is 6.37. The summed E-state index contributed by atoms with van der Waals surface area (Å²) in [6.07, 6.45) is 6.32. The van der Waals surface area contributed by atoms with Crippen LogP contribution in [0, 0.1) is 19.8 Å². The smallest absolute Gasteiger partial charge is 0.253 e. The molecule has 4 rings (SSSR count). The Morgan fingerprint density at radius 1 is 1.04 bits per heavy atom. The molecule has 3 saturated heterocycles. The Labute approximate surface area is 174 Å². The van der Waals surface area contributed by atoms with Crippen molar-refractivity contribution in [2.45, 2.75) is 70.5 Å². The molecule has 3 fully saturated rings. The number of rotatable bonds is 3. The number of likely N-dealkylation sites (tertiary alicyclic amines) is 1. The fourth-order valence-electron chi connectivity index (χ4n) is 5.15. The Balaban J connectivity index is 0.00000225. The molecule has 3 atom stereocenters. The summed E-state index contributed by atoms with van der Waals surface area (Å²) >= 11 is 0. The van der Waals surface area contributed by atoms with E-state index in [1.807, 2.05) is 30.9 Å². The molecule has 0 saturated carbocycles. The molecule has 154 valence electrons. The van der Waals surface area contributed by atoms with E-state index < -0.39 is 0 Å². The summed E-state index contributed by atoms with van der Waals surface area (Å²) < 4.78 is 0. The molecule has 5 nitrogen and oxygen atoms in total. The van der Waals surface area contributed by atoms with Gasteiger partial charge in [0.25, 0.3) is 5.91 Å². The second-order valence-electron chi connectivity index (χ2n) is 8.78. The number of hydrogen-bond acceptors (Lipinski definition) is 3. The van der Waals surface area contributed by atoms with E-state index in [0.29, 0.717) is 24.7 Å². The first-order valence-electron chi connectivity index (χ1n) is 10.4. The molecule has 0 aliphatic carbocycles. The van der Waals surface area contributed by atoms with Crippen LogP contribution in [0.4, 0.5) is 0 Å². The first-order chi connectivity index (χ1) is 13.0. The zero-order chi connectivity index (χ0) is 19.0. The SMILES string of the molecule is Cc1cc(C)cc(C(=O)N2CCCC(C(=O)NC3CC4CCC(C3)N4)C2)c1.Cl. The number of piperidine rings is 2. The maximum absolute atomic E-state index is 12.9. The van der Waals surface area contributed by atoms with Crippen molar-refractivity contribution in [3.8, 4) is 0 Å². The number of carbonyl (C=O) groups is 2. The summed E-state index contributed by atoms with van der Waals surface area (Å²) in [6.45, 7) is 5.31. The van der Waals surface area contributed by atoms with Crippen LogP contribution in [-0.2, 0) is 4.79 Å². The number of nitrogens with zero attached hydrogens (tertiary/aromatic N) is 1. The van der Waals surface area contributed by atoms with E-state index in [2.05, 4.69) is 16.7 Å². The number of benzene rings is 1. The van der Waals surface area contributed by atoms with Crippen LogP contribution in [0.25, 0.3) is 0 Å². The maximum Gasteiger partial charge on any atom is 0.253 e. The van der Waals surface area contributed by atoms with Crippen LogP contribution in [-0.4, -0.2) is 47.9 Å². The molecular formula is C22H32ClN3O2. The van der Waals surface area contributed by atoms with E-state index in [9.17, 15) is 9.59 Å². The number of hydrogen-bond donors (Lipinski definition) is 2. The van der Waals surface area contributed by atoms with E-state index in [4.69, 9.17) is 0 Å². The predicted octanol–water partition coefficient (Wildman–Crippen LogP) is 2.98. The molecule has 2 bridgehead atoms. The van der Waals surface area contributed by atoms with Crippen molar-refractivity contribution in [3.05, 3.63) is 34.9 Å². The average molecular weight is 406 g/mol.